The molecule has 0 spiro atoms. The van der Waals surface area contributed by atoms with E-state index in [1.807, 2.05) is 19.1 Å². The van der Waals surface area contributed by atoms with Gasteiger partial charge in [-0.2, -0.15) is 0 Å². The van der Waals surface area contributed by atoms with Crippen molar-refractivity contribution < 1.29 is 24.2 Å². The number of aryl methyl sites for hydroxylation is 1. The molecule has 0 radical (unpaired) electrons. The molecule has 1 amide bonds. The van der Waals surface area contributed by atoms with Crippen molar-refractivity contribution in [2.75, 3.05) is 25.6 Å². The predicted molar refractivity (Wildman–Crippen MR) is 84.2 cm³/mol. The SMILES string of the molecule is COCCOc1cc(C)ccc1NC(=O)Cn1cc(C(=O)O)nn1. The van der Waals surface area contributed by atoms with Crippen LogP contribution in [0.15, 0.2) is 24.4 Å². The van der Waals surface area contributed by atoms with Crippen molar-refractivity contribution in [3.8, 4) is 5.75 Å². The molecule has 9 heteroatoms. The number of benzene rings is 1. The van der Waals surface area contributed by atoms with Crippen LogP contribution in [0.1, 0.15) is 16.1 Å². The predicted octanol–water partition coefficient (Wildman–Crippen LogP) is 0.949. The van der Waals surface area contributed by atoms with Gasteiger partial charge in [-0.15, -0.1) is 5.10 Å². The number of aromatic carboxylic acids is 1. The molecule has 1 aromatic heterocycles. The summed E-state index contributed by atoms with van der Waals surface area (Å²) in [6.45, 7) is 2.54. The molecular formula is C15H18N4O5. The highest BCUT2D eigenvalue weighted by Crippen LogP contribution is 2.25. The molecule has 2 rings (SSSR count). The van der Waals surface area contributed by atoms with Gasteiger partial charge in [-0.1, -0.05) is 11.3 Å². The number of ether oxygens (including phenoxy) is 2. The van der Waals surface area contributed by atoms with Gasteiger partial charge in [-0.3, -0.25) is 4.79 Å². The summed E-state index contributed by atoms with van der Waals surface area (Å²) in [6, 6.07) is 5.39. The standard InChI is InChI=1S/C15H18N4O5/c1-10-3-4-11(13(7-10)24-6-5-23-2)16-14(20)9-19-8-12(15(21)22)17-18-19/h3-4,7-8H,5-6,9H2,1-2H3,(H,16,20)(H,21,22). The van der Waals surface area contributed by atoms with E-state index in [1.165, 1.54) is 6.20 Å². The van der Waals surface area contributed by atoms with E-state index < -0.39 is 5.97 Å². The second kappa shape index (κ2) is 8.06. The van der Waals surface area contributed by atoms with Crippen LogP contribution in [0.3, 0.4) is 0 Å². The molecule has 0 atom stereocenters. The van der Waals surface area contributed by atoms with Gasteiger partial charge in [0.15, 0.2) is 5.69 Å². The molecule has 2 aromatic rings. The summed E-state index contributed by atoms with van der Waals surface area (Å²) in [6.07, 6.45) is 1.19. The zero-order valence-electron chi connectivity index (χ0n) is 13.4. The number of nitrogens with one attached hydrogen (secondary N) is 1. The van der Waals surface area contributed by atoms with E-state index in [0.717, 1.165) is 10.2 Å². The first kappa shape index (κ1) is 17.4. The van der Waals surface area contributed by atoms with Crippen molar-refractivity contribution in [3.05, 3.63) is 35.7 Å². The highest BCUT2D eigenvalue weighted by molar-refractivity contribution is 5.92. The number of nitrogens with zero attached hydrogens (tertiary/aromatic N) is 3. The van der Waals surface area contributed by atoms with Crippen LogP contribution in [0.4, 0.5) is 5.69 Å². The van der Waals surface area contributed by atoms with Crippen molar-refractivity contribution >= 4 is 17.6 Å². The van der Waals surface area contributed by atoms with Gasteiger partial charge in [0, 0.05) is 7.11 Å². The van der Waals surface area contributed by atoms with E-state index in [0.29, 0.717) is 24.7 Å². The summed E-state index contributed by atoms with van der Waals surface area (Å²) in [5.74, 6) is -1.04. The molecule has 0 saturated carbocycles. The fourth-order valence-corrected chi connectivity index (χ4v) is 1.90. The lowest BCUT2D eigenvalue weighted by Gasteiger charge is -2.13. The molecule has 1 aromatic carbocycles. The fourth-order valence-electron chi connectivity index (χ4n) is 1.90. The summed E-state index contributed by atoms with van der Waals surface area (Å²) in [7, 11) is 1.58. The number of carboxylic acids is 1. The van der Waals surface area contributed by atoms with Gasteiger partial charge in [-0.05, 0) is 24.6 Å². The maximum atomic E-state index is 12.1. The van der Waals surface area contributed by atoms with E-state index >= 15 is 0 Å². The van der Waals surface area contributed by atoms with E-state index in [2.05, 4.69) is 15.6 Å². The van der Waals surface area contributed by atoms with Gasteiger partial charge in [0.2, 0.25) is 5.91 Å². The Balaban J connectivity index is 2.03. The van der Waals surface area contributed by atoms with Gasteiger partial charge >= 0.3 is 5.97 Å². The third-order valence-corrected chi connectivity index (χ3v) is 3.02. The zero-order chi connectivity index (χ0) is 17.5. The molecule has 0 unspecified atom stereocenters. The maximum Gasteiger partial charge on any atom is 0.358 e. The molecule has 0 aliphatic rings. The number of aromatic nitrogens is 3. The van der Waals surface area contributed by atoms with Crippen LogP contribution in [-0.2, 0) is 16.1 Å². The van der Waals surface area contributed by atoms with Crippen LogP contribution < -0.4 is 10.1 Å². The molecule has 2 N–H and O–H groups in total. The first-order chi connectivity index (χ1) is 11.5. The van der Waals surface area contributed by atoms with Crippen molar-refractivity contribution in [1.29, 1.82) is 0 Å². The number of carbonyl (C=O) groups excluding carboxylic acids is 1. The van der Waals surface area contributed by atoms with Crippen LogP contribution in [0, 0.1) is 6.92 Å². The zero-order valence-corrected chi connectivity index (χ0v) is 13.4. The summed E-state index contributed by atoms with van der Waals surface area (Å²) < 4.78 is 11.7. The molecule has 0 bridgehead atoms. The average Bonchev–Trinajstić information content (AvgIpc) is 2.99. The van der Waals surface area contributed by atoms with Crippen molar-refractivity contribution in [2.24, 2.45) is 0 Å². The number of anilines is 1. The molecule has 9 nitrogen and oxygen atoms in total. The lowest BCUT2D eigenvalue weighted by molar-refractivity contribution is -0.116. The Morgan fingerprint density at radius 1 is 1.33 bits per heavy atom. The lowest BCUT2D eigenvalue weighted by Crippen LogP contribution is -2.20. The minimum absolute atomic E-state index is 0.161. The number of carboxylic acid groups (broad SMARTS) is 1. The largest absolute Gasteiger partial charge is 0.489 e. The highest BCUT2D eigenvalue weighted by Gasteiger charge is 2.12. The van der Waals surface area contributed by atoms with Gasteiger partial charge in [-0.25, -0.2) is 9.48 Å². The molecule has 24 heavy (non-hydrogen) atoms. The minimum atomic E-state index is -1.20. The highest BCUT2D eigenvalue weighted by atomic mass is 16.5. The smallest absolute Gasteiger partial charge is 0.358 e. The molecule has 0 saturated heterocycles. The van der Waals surface area contributed by atoms with Crippen LogP contribution in [0.5, 0.6) is 5.75 Å². The molecule has 1 heterocycles. The second-order valence-corrected chi connectivity index (χ2v) is 5.00. The molecule has 128 valence electrons. The third-order valence-electron chi connectivity index (χ3n) is 3.02. The number of amides is 1. The second-order valence-electron chi connectivity index (χ2n) is 5.00. The quantitative estimate of drug-likeness (QED) is 0.690. The summed E-state index contributed by atoms with van der Waals surface area (Å²) in [5, 5.41) is 18.5. The number of carbonyl (C=O) groups is 2. The van der Waals surface area contributed by atoms with Crippen LogP contribution in [-0.4, -0.2) is 52.3 Å². The Kier molecular flexibility index (Phi) is 5.85. The molecular weight excluding hydrogens is 316 g/mol. The number of methoxy groups -OCH3 is 1. The molecule has 0 aliphatic heterocycles. The van der Waals surface area contributed by atoms with E-state index in [4.69, 9.17) is 14.6 Å². The normalized spacial score (nSPS) is 10.4. The van der Waals surface area contributed by atoms with Gasteiger partial charge in [0.1, 0.15) is 18.9 Å². The van der Waals surface area contributed by atoms with E-state index in [-0.39, 0.29) is 18.1 Å². The van der Waals surface area contributed by atoms with Crippen molar-refractivity contribution in [3.63, 3.8) is 0 Å². The Morgan fingerprint density at radius 2 is 2.12 bits per heavy atom. The fraction of sp³-hybridized carbons (Fsp3) is 0.333. The Bertz CT molecular complexity index is 728. The number of hydrogen-bond donors (Lipinski definition) is 2. The van der Waals surface area contributed by atoms with Gasteiger partial charge in [0.25, 0.3) is 0 Å². The Labute approximate surface area is 138 Å². The summed E-state index contributed by atoms with van der Waals surface area (Å²) in [5.41, 5.74) is 1.28. The molecule has 0 aliphatic carbocycles. The summed E-state index contributed by atoms with van der Waals surface area (Å²) in [4.78, 5) is 22.9. The van der Waals surface area contributed by atoms with E-state index in [9.17, 15) is 9.59 Å². The first-order valence-electron chi connectivity index (χ1n) is 7.15. The Morgan fingerprint density at radius 3 is 2.79 bits per heavy atom. The maximum absolute atomic E-state index is 12.1. The summed E-state index contributed by atoms with van der Waals surface area (Å²) >= 11 is 0. The van der Waals surface area contributed by atoms with Crippen molar-refractivity contribution in [1.82, 2.24) is 15.0 Å². The topological polar surface area (TPSA) is 116 Å². The van der Waals surface area contributed by atoms with Crippen LogP contribution in [0.2, 0.25) is 0 Å². The number of rotatable bonds is 8. The lowest BCUT2D eigenvalue weighted by atomic mass is 10.2. The third kappa shape index (κ3) is 4.78. The monoisotopic (exact) mass is 334 g/mol. The number of hydrogen-bond acceptors (Lipinski definition) is 6. The van der Waals surface area contributed by atoms with Gasteiger partial charge < -0.3 is 19.9 Å². The minimum Gasteiger partial charge on any atom is -0.489 e. The van der Waals surface area contributed by atoms with Crippen molar-refractivity contribution in [2.45, 2.75) is 13.5 Å². The van der Waals surface area contributed by atoms with E-state index in [1.54, 1.807) is 13.2 Å². The molecule has 0 fully saturated rings. The Hall–Kier alpha value is -2.94. The van der Waals surface area contributed by atoms with Crippen LogP contribution >= 0.6 is 0 Å². The average molecular weight is 334 g/mol. The van der Waals surface area contributed by atoms with Crippen LogP contribution in [0.25, 0.3) is 0 Å². The first-order valence-corrected chi connectivity index (χ1v) is 7.15. The van der Waals surface area contributed by atoms with Gasteiger partial charge in [0.05, 0.1) is 18.5 Å².